The number of amides is 1. The number of fused-ring (bicyclic) bond motifs is 1. The van der Waals surface area contributed by atoms with Crippen LogP contribution in [0.2, 0.25) is 0 Å². The zero-order valence-corrected chi connectivity index (χ0v) is 17.2. The first-order valence-electron chi connectivity index (χ1n) is 10.4. The van der Waals surface area contributed by atoms with E-state index in [1.807, 2.05) is 78.9 Å². The van der Waals surface area contributed by atoms with Crippen molar-refractivity contribution in [3.05, 3.63) is 107 Å². The molecule has 1 aromatic heterocycles. The Kier molecular flexibility index (Phi) is 6.38. The first-order valence-corrected chi connectivity index (χ1v) is 10.4. The molecule has 1 amide bonds. The predicted octanol–water partition coefficient (Wildman–Crippen LogP) is 5.47. The highest BCUT2D eigenvalue weighted by molar-refractivity contribution is 6.02. The Labute approximate surface area is 181 Å². The number of aromatic hydroxyl groups is 1. The van der Waals surface area contributed by atoms with Crippen LogP contribution in [0, 0.1) is 0 Å². The Morgan fingerprint density at radius 2 is 1.58 bits per heavy atom. The second-order valence-electron chi connectivity index (χ2n) is 7.36. The van der Waals surface area contributed by atoms with Crippen LogP contribution < -0.4 is 5.32 Å². The van der Waals surface area contributed by atoms with Crippen LogP contribution in [0.3, 0.4) is 0 Å². The average Bonchev–Trinajstić information content (AvgIpc) is 2.82. The topological polar surface area (TPSA) is 62.2 Å². The molecule has 0 unspecified atom stereocenters. The number of carbonyl (C=O) groups is 1. The lowest BCUT2D eigenvalue weighted by atomic mass is 10.1. The summed E-state index contributed by atoms with van der Waals surface area (Å²) in [6.07, 6.45) is 5.58. The Balaban J connectivity index is 1.45. The number of pyridine rings is 1. The van der Waals surface area contributed by atoms with Gasteiger partial charge in [0.1, 0.15) is 5.52 Å². The summed E-state index contributed by atoms with van der Waals surface area (Å²) in [4.78, 5) is 17.2. The third kappa shape index (κ3) is 5.17. The molecule has 3 aromatic carbocycles. The van der Waals surface area contributed by atoms with Crippen molar-refractivity contribution < 1.29 is 9.90 Å². The maximum absolute atomic E-state index is 12.6. The molecule has 1 heterocycles. The molecule has 0 radical (unpaired) electrons. The van der Waals surface area contributed by atoms with E-state index in [2.05, 4.69) is 22.4 Å². The van der Waals surface area contributed by atoms with Crippen LogP contribution in [0.4, 0.5) is 0 Å². The number of aryl methyl sites for hydroxylation is 1. The van der Waals surface area contributed by atoms with Crippen LogP contribution in [0.25, 0.3) is 23.1 Å². The van der Waals surface area contributed by atoms with Gasteiger partial charge in [-0.2, -0.15) is 0 Å². The summed E-state index contributed by atoms with van der Waals surface area (Å²) >= 11 is 0. The number of nitrogens with one attached hydrogen (secondary N) is 1. The molecule has 0 saturated heterocycles. The van der Waals surface area contributed by atoms with E-state index in [0.29, 0.717) is 17.8 Å². The summed E-state index contributed by atoms with van der Waals surface area (Å²) in [5.74, 6) is -0.382. The number of rotatable bonds is 7. The van der Waals surface area contributed by atoms with Crippen molar-refractivity contribution >= 4 is 29.0 Å². The minimum atomic E-state index is -0.292. The molecule has 0 bridgehead atoms. The maximum Gasteiger partial charge on any atom is 0.255 e. The van der Waals surface area contributed by atoms with Gasteiger partial charge >= 0.3 is 0 Å². The van der Waals surface area contributed by atoms with E-state index in [4.69, 9.17) is 0 Å². The van der Waals surface area contributed by atoms with Gasteiger partial charge in [-0.3, -0.25) is 4.79 Å². The molecule has 0 aliphatic rings. The van der Waals surface area contributed by atoms with Crippen LogP contribution in [-0.4, -0.2) is 22.5 Å². The molecule has 4 rings (SSSR count). The monoisotopic (exact) mass is 408 g/mol. The summed E-state index contributed by atoms with van der Waals surface area (Å²) in [6.45, 7) is 0.540. The van der Waals surface area contributed by atoms with Crippen molar-refractivity contribution in [3.8, 4) is 5.75 Å². The highest BCUT2D eigenvalue weighted by atomic mass is 16.3. The van der Waals surface area contributed by atoms with E-state index in [1.165, 1.54) is 5.56 Å². The minimum Gasteiger partial charge on any atom is -0.505 e. The van der Waals surface area contributed by atoms with Crippen molar-refractivity contribution in [1.29, 1.82) is 0 Å². The van der Waals surface area contributed by atoms with Crippen molar-refractivity contribution in [2.45, 2.75) is 12.8 Å². The third-order valence-corrected chi connectivity index (χ3v) is 5.12. The Bertz CT molecular complexity index is 1200. The lowest BCUT2D eigenvalue weighted by molar-refractivity contribution is 0.0951. The average molecular weight is 409 g/mol. The lowest BCUT2D eigenvalue weighted by Gasteiger charge is -2.09. The van der Waals surface area contributed by atoms with Gasteiger partial charge in [0.2, 0.25) is 0 Å². The third-order valence-electron chi connectivity index (χ3n) is 5.12. The smallest absolute Gasteiger partial charge is 0.255 e. The number of hydrogen-bond donors (Lipinski definition) is 2. The Morgan fingerprint density at radius 3 is 2.35 bits per heavy atom. The highest BCUT2D eigenvalue weighted by Gasteiger charge is 2.14. The molecule has 2 N–H and O–H groups in total. The molecule has 0 spiro atoms. The molecule has 0 aliphatic heterocycles. The van der Waals surface area contributed by atoms with Crippen molar-refractivity contribution in [2.75, 3.05) is 6.54 Å². The number of phenols is 1. The first-order chi connectivity index (χ1) is 15.2. The van der Waals surface area contributed by atoms with Gasteiger partial charge in [0, 0.05) is 11.9 Å². The zero-order valence-electron chi connectivity index (χ0n) is 17.2. The van der Waals surface area contributed by atoms with E-state index in [-0.39, 0.29) is 17.2 Å². The second-order valence-corrected chi connectivity index (χ2v) is 7.36. The van der Waals surface area contributed by atoms with Gasteiger partial charge in [-0.05, 0) is 42.2 Å². The number of hydrogen-bond acceptors (Lipinski definition) is 3. The molecular formula is C27H24N2O2. The second kappa shape index (κ2) is 9.72. The van der Waals surface area contributed by atoms with E-state index in [1.54, 1.807) is 6.07 Å². The van der Waals surface area contributed by atoms with Crippen LogP contribution in [-0.2, 0) is 6.42 Å². The fourth-order valence-corrected chi connectivity index (χ4v) is 3.44. The number of phenolic OH excluding ortho intramolecular Hbond substituents is 1. The van der Waals surface area contributed by atoms with Gasteiger partial charge in [-0.15, -0.1) is 0 Å². The zero-order chi connectivity index (χ0) is 21.5. The van der Waals surface area contributed by atoms with Gasteiger partial charge in [0.25, 0.3) is 5.91 Å². The molecular weight excluding hydrogens is 384 g/mol. The SMILES string of the molecule is O=C(NCCCc1ccccc1)c1ccc2ccc(/C=C/c3ccccc3)nc2c1O. The summed E-state index contributed by atoms with van der Waals surface area (Å²) in [5, 5.41) is 14.4. The molecule has 0 saturated carbocycles. The van der Waals surface area contributed by atoms with Crippen molar-refractivity contribution in [3.63, 3.8) is 0 Å². The van der Waals surface area contributed by atoms with E-state index >= 15 is 0 Å². The highest BCUT2D eigenvalue weighted by Crippen LogP contribution is 2.28. The lowest BCUT2D eigenvalue weighted by Crippen LogP contribution is -2.24. The quantitative estimate of drug-likeness (QED) is 0.399. The van der Waals surface area contributed by atoms with Crippen LogP contribution >= 0.6 is 0 Å². The van der Waals surface area contributed by atoms with Gasteiger partial charge < -0.3 is 10.4 Å². The number of nitrogens with zero attached hydrogens (tertiary/aromatic N) is 1. The summed E-state index contributed by atoms with van der Waals surface area (Å²) in [5.41, 5.74) is 3.69. The van der Waals surface area contributed by atoms with Gasteiger partial charge in [-0.1, -0.05) is 78.9 Å². The fraction of sp³-hybridized carbons (Fsp3) is 0.111. The normalized spacial score (nSPS) is 11.1. The molecule has 4 heteroatoms. The van der Waals surface area contributed by atoms with Crippen LogP contribution in [0.15, 0.2) is 84.9 Å². The first kappa shape index (κ1) is 20.4. The van der Waals surface area contributed by atoms with Crippen LogP contribution in [0.1, 0.15) is 33.6 Å². The van der Waals surface area contributed by atoms with Gasteiger partial charge in [0.15, 0.2) is 5.75 Å². The molecule has 0 atom stereocenters. The fourth-order valence-electron chi connectivity index (χ4n) is 3.44. The summed E-state index contributed by atoms with van der Waals surface area (Å²) in [7, 11) is 0. The number of aromatic nitrogens is 1. The van der Waals surface area contributed by atoms with E-state index in [9.17, 15) is 9.90 Å². The summed E-state index contributed by atoms with van der Waals surface area (Å²) in [6, 6.07) is 27.4. The molecule has 0 fully saturated rings. The Morgan fingerprint density at radius 1 is 0.871 bits per heavy atom. The Hall–Kier alpha value is -3.92. The predicted molar refractivity (Wildman–Crippen MR) is 126 cm³/mol. The van der Waals surface area contributed by atoms with Crippen LogP contribution in [0.5, 0.6) is 5.75 Å². The van der Waals surface area contributed by atoms with E-state index in [0.717, 1.165) is 23.8 Å². The maximum atomic E-state index is 12.6. The molecule has 4 aromatic rings. The standard InChI is InChI=1S/C27H24N2O2/c30-26-24(27(31)28-19-7-12-20-8-3-1-4-9-20)18-15-22-14-17-23(29-25(22)26)16-13-21-10-5-2-6-11-21/h1-6,8-11,13-18,30H,7,12,19H2,(H,28,31)/b16-13+. The molecule has 4 nitrogen and oxygen atoms in total. The van der Waals surface area contributed by atoms with E-state index < -0.39 is 0 Å². The molecule has 154 valence electrons. The minimum absolute atomic E-state index is 0.0898. The van der Waals surface area contributed by atoms with Gasteiger partial charge in [0.05, 0.1) is 11.3 Å². The van der Waals surface area contributed by atoms with Crippen molar-refractivity contribution in [2.24, 2.45) is 0 Å². The molecule has 31 heavy (non-hydrogen) atoms. The number of benzene rings is 3. The summed E-state index contributed by atoms with van der Waals surface area (Å²) < 4.78 is 0. The largest absolute Gasteiger partial charge is 0.505 e. The van der Waals surface area contributed by atoms with Crippen molar-refractivity contribution in [1.82, 2.24) is 10.3 Å². The molecule has 0 aliphatic carbocycles. The van der Waals surface area contributed by atoms with Gasteiger partial charge in [-0.25, -0.2) is 4.98 Å². The number of carbonyl (C=O) groups excluding carboxylic acids is 1.